The average Bonchev–Trinajstić information content (AvgIpc) is 3.17. The van der Waals surface area contributed by atoms with Crippen LogP contribution in [0.4, 0.5) is 5.95 Å². The highest BCUT2D eigenvalue weighted by atomic mass is 79.9. The number of hydrogen-bond acceptors (Lipinski definition) is 3. The van der Waals surface area contributed by atoms with Crippen molar-refractivity contribution in [2.24, 2.45) is 5.10 Å². The lowest BCUT2D eigenvalue weighted by Crippen LogP contribution is -2.14. The first-order valence-corrected chi connectivity index (χ1v) is 10.3. The molecule has 4 aromatic rings. The number of anilines is 1. The summed E-state index contributed by atoms with van der Waals surface area (Å²) in [6, 6.07) is 24.1. The van der Waals surface area contributed by atoms with Gasteiger partial charge in [0.2, 0.25) is 5.95 Å². The number of carbonyl (C=O) groups is 1. The van der Waals surface area contributed by atoms with Gasteiger partial charge in [0.25, 0.3) is 5.91 Å². The summed E-state index contributed by atoms with van der Waals surface area (Å²) in [4.78, 5) is 17.3. The van der Waals surface area contributed by atoms with E-state index in [-0.39, 0.29) is 5.91 Å². The maximum Gasteiger partial charge on any atom is 0.258 e. The molecule has 0 saturated carbocycles. The summed E-state index contributed by atoms with van der Waals surface area (Å²) in [5, 5.41) is 7.98. The summed E-state index contributed by atoms with van der Waals surface area (Å²) in [5.41, 5.74) is 3.03. The number of imidazole rings is 1. The summed E-state index contributed by atoms with van der Waals surface area (Å²) in [7, 11) is 0. The lowest BCUT2D eigenvalue weighted by Gasteiger charge is -2.05. The van der Waals surface area contributed by atoms with E-state index >= 15 is 0 Å². The predicted molar refractivity (Wildman–Crippen MR) is 124 cm³/mol. The van der Waals surface area contributed by atoms with Gasteiger partial charge in [0.1, 0.15) is 0 Å². The minimum Gasteiger partial charge on any atom is -0.290 e. The number of nitrogens with zero attached hydrogens (tertiary/aromatic N) is 3. The van der Waals surface area contributed by atoms with Gasteiger partial charge >= 0.3 is 0 Å². The molecule has 5 nitrogen and oxygen atoms in total. The molecule has 1 N–H and O–H groups in total. The first-order valence-electron chi connectivity index (χ1n) is 9.10. The molecule has 0 saturated heterocycles. The van der Waals surface area contributed by atoms with Crippen LogP contribution in [0.25, 0.3) is 11.3 Å². The molecule has 148 valence electrons. The minimum atomic E-state index is -0.268. The van der Waals surface area contributed by atoms with Crippen LogP contribution in [-0.2, 0) is 0 Å². The van der Waals surface area contributed by atoms with Gasteiger partial charge in [-0.05, 0) is 42.0 Å². The maximum atomic E-state index is 12.7. The summed E-state index contributed by atoms with van der Waals surface area (Å²) in [6.45, 7) is 0. The number of rotatable bonds is 5. The number of amides is 1. The second-order valence-electron chi connectivity index (χ2n) is 6.42. The molecular weight excluding hydrogens is 464 g/mol. The standard InChI is InChI=1S/C23H16BrClN4O/c24-19-10-8-18(9-11-19)22(30)28-23-27-21(17-4-2-1-3-5-17)15-29(23)26-14-16-6-12-20(25)13-7-16/h1-15H,(H,27,28,30)/b26-14-. The van der Waals surface area contributed by atoms with Crippen molar-refractivity contribution in [1.82, 2.24) is 9.66 Å². The van der Waals surface area contributed by atoms with Gasteiger partial charge in [-0.2, -0.15) is 5.10 Å². The number of halogens is 2. The van der Waals surface area contributed by atoms with Crippen LogP contribution in [-0.4, -0.2) is 21.8 Å². The molecule has 0 spiro atoms. The van der Waals surface area contributed by atoms with Crippen molar-refractivity contribution in [3.63, 3.8) is 0 Å². The zero-order valence-corrected chi connectivity index (χ0v) is 18.0. The fourth-order valence-corrected chi connectivity index (χ4v) is 3.14. The lowest BCUT2D eigenvalue weighted by molar-refractivity contribution is 0.102. The van der Waals surface area contributed by atoms with Crippen LogP contribution in [0, 0.1) is 0 Å². The van der Waals surface area contributed by atoms with E-state index in [2.05, 4.69) is 31.3 Å². The van der Waals surface area contributed by atoms with E-state index in [1.54, 1.807) is 41.4 Å². The second kappa shape index (κ2) is 9.07. The predicted octanol–water partition coefficient (Wildman–Crippen LogP) is 6.10. The molecule has 1 amide bonds. The molecule has 0 aliphatic heterocycles. The van der Waals surface area contributed by atoms with Gasteiger partial charge in [0, 0.05) is 20.6 Å². The van der Waals surface area contributed by atoms with E-state index in [9.17, 15) is 4.79 Å². The van der Waals surface area contributed by atoms with Gasteiger partial charge in [0.05, 0.1) is 18.1 Å². The quantitative estimate of drug-likeness (QED) is 0.352. The zero-order valence-electron chi connectivity index (χ0n) is 15.7. The summed E-state index contributed by atoms with van der Waals surface area (Å²) in [5.74, 6) is 0.0580. The van der Waals surface area contributed by atoms with E-state index in [0.29, 0.717) is 22.2 Å². The Bertz CT molecular complexity index is 1190. The molecule has 0 aliphatic carbocycles. The summed E-state index contributed by atoms with van der Waals surface area (Å²) in [6.07, 6.45) is 3.46. The summed E-state index contributed by atoms with van der Waals surface area (Å²) < 4.78 is 2.45. The van der Waals surface area contributed by atoms with Crippen LogP contribution >= 0.6 is 27.5 Å². The second-order valence-corrected chi connectivity index (χ2v) is 7.77. The fraction of sp³-hybridized carbons (Fsp3) is 0. The molecule has 0 aliphatic rings. The molecule has 0 fully saturated rings. The van der Waals surface area contributed by atoms with Crippen molar-refractivity contribution in [1.29, 1.82) is 0 Å². The van der Waals surface area contributed by atoms with Crippen LogP contribution in [0.1, 0.15) is 15.9 Å². The maximum absolute atomic E-state index is 12.7. The highest BCUT2D eigenvalue weighted by molar-refractivity contribution is 9.10. The third-order valence-corrected chi connectivity index (χ3v) is 5.07. The normalized spacial score (nSPS) is 11.0. The topological polar surface area (TPSA) is 59.3 Å². The molecule has 0 unspecified atom stereocenters. The Labute approximate surface area is 187 Å². The number of nitrogens with one attached hydrogen (secondary N) is 1. The van der Waals surface area contributed by atoms with Crippen LogP contribution < -0.4 is 5.32 Å². The third kappa shape index (κ3) is 4.84. The Morgan fingerprint density at radius 3 is 2.40 bits per heavy atom. The number of benzene rings is 3. The largest absolute Gasteiger partial charge is 0.290 e. The Kier molecular flexibility index (Phi) is 6.07. The highest BCUT2D eigenvalue weighted by Gasteiger charge is 2.13. The SMILES string of the molecule is O=C(Nc1nc(-c2ccccc2)cn1/N=C\c1ccc(Cl)cc1)c1ccc(Br)cc1. The number of hydrogen-bond donors (Lipinski definition) is 1. The monoisotopic (exact) mass is 478 g/mol. The van der Waals surface area contributed by atoms with Gasteiger partial charge in [-0.1, -0.05) is 70.0 Å². The Morgan fingerprint density at radius 2 is 1.70 bits per heavy atom. The van der Waals surface area contributed by atoms with Gasteiger partial charge in [-0.25, -0.2) is 9.66 Å². The molecule has 1 heterocycles. The average molecular weight is 480 g/mol. The van der Waals surface area contributed by atoms with Gasteiger partial charge in [-0.15, -0.1) is 0 Å². The smallest absolute Gasteiger partial charge is 0.258 e. The Morgan fingerprint density at radius 1 is 1.00 bits per heavy atom. The summed E-state index contributed by atoms with van der Waals surface area (Å²) >= 11 is 9.31. The van der Waals surface area contributed by atoms with Gasteiger partial charge in [0.15, 0.2) is 0 Å². The van der Waals surface area contributed by atoms with Crippen LogP contribution in [0.3, 0.4) is 0 Å². The van der Waals surface area contributed by atoms with E-state index in [4.69, 9.17) is 11.6 Å². The molecule has 0 atom stereocenters. The van der Waals surface area contributed by atoms with Crippen molar-refractivity contribution < 1.29 is 4.79 Å². The highest BCUT2D eigenvalue weighted by Crippen LogP contribution is 2.21. The van der Waals surface area contributed by atoms with Crippen LogP contribution in [0.2, 0.25) is 5.02 Å². The minimum absolute atomic E-state index is 0.268. The molecule has 30 heavy (non-hydrogen) atoms. The number of carbonyl (C=O) groups excluding carboxylic acids is 1. The van der Waals surface area contributed by atoms with Crippen LogP contribution in [0.5, 0.6) is 0 Å². The van der Waals surface area contributed by atoms with E-state index in [1.807, 2.05) is 54.6 Å². The van der Waals surface area contributed by atoms with Crippen molar-refractivity contribution in [2.75, 3.05) is 5.32 Å². The van der Waals surface area contributed by atoms with E-state index in [1.165, 1.54) is 0 Å². The Hall–Kier alpha value is -3.22. The third-order valence-electron chi connectivity index (χ3n) is 4.29. The van der Waals surface area contributed by atoms with Crippen LogP contribution in [0.15, 0.2) is 94.6 Å². The fourth-order valence-electron chi connectivity index (χ4n) is 2.75. The first-order chi connectivity index (χ1) is 14.6. The molecule has 7 heteroatoms. The van der Waals surface area contributed by atoms with E-state index in [0.717, 1.165) is 15.6 Å². The molecule has 1 aromatic heterocycles. The van der Waals surface area contributed by atoms with Gasteiger partial charge in [-0.3, -0.25) is 10.1 Å². The Balaban J connectivity index is 1.66. The molecule has 0 radical (unpaired) electrons. The molecule has 3 aromatic carbocycles. The van der Waals surface area contributed by atoms with Crippen molar-refractivity contribution in [2.45, 2.75) is 0 Å². The lowest BCUT2D eigenvalue weighted by atomic mass is 10.2. The first kappa shape index (κ1) is 20.1. The molecule has 4 rings (SSSR count). The number of aromatic nitrogens is 2. The van der Waals surface area contributed by atoms with Crippen molar-refractivity contribution in [3.8, 4) is 11.3 Å². The zero-order chi connectivity index (χ0) is 20.9. The molecule has 0 bridgehead atoms. The van der Waals surface area contributed by atoms with E-state index < -0.39 is 0 Å². The molecular formula is C23H16BrClN4O. The van der Waals surface area contributed by atoms with Gasteiger partial charge < -0.3 is 0 Å². The van der Waals surface area contributed by atoms with Crippen molar-refractivity contribution >= 4 is 45.6 Å². The van der Waals surface area contributed by atoms with Crippen molar-refractivity contribution in [3.05, 3.63) is 106 Å².